The summed E-state index contributed by atoms with van der Waals surface area (Å²) in [6.45, 7) is 5.05. The van der Waals surface area contributed by atoms with Gasteiger partial charge in [-0.05, 0) is 31.5 Å². The van der Waals surface area contributed by atoms with E-state index in [9.17, 15) is 0 Å². The van der Waals surface area contributed by atoms with Crippen LogP contribution in [-0.4, -0.2) is 24.6 Å². The minimum absolute atomic E-state index is 0.914. The number of hydrogen-bond acceptors (Lipinski definition) is 3. The number of aromatic nitrogens is 1. The maximum absolute atomic E-state index is 4.31. The minimum Gasteiger partial charge on any atom is -0.366 e. The molecule has 2 N–H and O–H groups in total. The standard InChI is InChI=1S/C12H17N3/c1-10-2-3-12(14-8-10)15-9-11-4-6-13-7-5-11/h2-4,8,13H,5-7,9H2,1H3,(H,14,15). The third kappa shape index (κ3) is 3.06. The van der Waals surface area contributed by atoms with E-state index < -0.39 is 0 Å². The topological polar surface area (TPSA) is 37.0 Å². The molecule has 3 nitrogen and oxygen atoms in total. The molecule has 1 aliphatic rings. The Morgan fingerprint density at radius 3 is 3.07 bits per heavy atom. The first kappa shape index (κ1) is 10.2. The second-order valence-electron chi connectivity index (χ2n) is 3.89. The number of nitrogens with one attached hydrogen (secondary N) is 2. The molecule has 2 rings (SSSR count). The molecule has 0 atom stereocenters. The van der Waals surface area contributed by atoms with Gasteiger partial charge in [-0.15, -0.1) is 0 Å². The van der Waals surface area contributed by atoms with Gasteiger partial charge in [-0.25, -0.2) is 4.98 Å². The molecular weight excluding hydrogens is 186 g/mol. The Morgan fingerprint density at radius 1 is 1.47 bits per heavy atom. The summed E-state index contributed by atoms with van der Waals surface area (Å²) in [6, 6.07) is 4.10. The molecule has 0 aliphatic carbocycles. The fourth-order valence-electron chi connectivity index (χ4n) is 1.61. The second-order valence-corrected chi connectivity index (χ2v) is 3.89. The molecular formula is C12H17N3. The van der Waals surface area contributed by atoms with Crippen molar-refractivity contribution in [3.63, 3.8) is 0 Å². The second kappa shape index (κ2) is 4.94. The summed E-state index contributed by atoms with van der Waals surface area (Å²) in [6.07, 6.45) is 5.28. The van der Waals surface area contributed by atoms with Gasteiger partial charge in [-0.2, -0.15) is 0 Å². The predicted octanol–water partition coefficient (Wildman–Crippen LogP) is 1.72. The normalized spacial score (nSPS) is 15.9. The van der Waals surface area contributed by atoms with Crippen molar-refractivity contribution in [3.05, 3.63) is 35.5 Å². The van der Waals surface area contributed by atoms with E-state index in [4.69, 9.17) is 0 Å². The molecule has 3 heteroatoms. The summed E-state index contributed by atoms with van der Waals surface area (Å²) >= 11 is 0. The first-order valence-electron chi connectivity index (χ1n) is 5.40. The highest BCUT2D eigenvalue weighted by atomic mass is 15.0. The summed E-state index contributed by atoms with van der Waals surface area (Å²) < 4.78 is 0. The quantitative estimate of drug-likeness (QED) is 0.734. The average Bonchev–Trinajstić information content (AvgIpc) is 2.30. The van der Waals surface area contributed by atoms with Crippen LogP contribution in [-0.2, 0) is 0 Å². The highest BCUT2D eigenvalue weighted by Gasteiger charge is 2.02. The number of anilines is 1. The van der Waals surface area contributed by atoms with Gasteiger partial charge in [0, 0.05) is 19.3 Å². The Morgan fingerprint density at radius 2 is 2.40 bits per heavy atom. The van der Waals surface area contributed by atoms with Crippen molar-refractivity contribution in [1.82, 2.24) is 10.3 Å². The lowest BCUT2D eigenvalue weighted by molar-refractivity contribution is 0.697. The number of hydrogen-bond donors (Lipinski definition) is 2. The summed E-state index contributed by atoms with van der Waals surface area (Å²) in [5.41, 5.74) is 2.66. The molecule has 2 heterocycles. The molecule has 15 heavy (non-hydrogen) atoms. The molecule has 0 amide bonds. The number of aryl methyl sites for hydroxylation is 1. The molecule has 0 radical (unpaired) electrons. The van der Waals surface area contributed by atoms with Crippen LogP contribution in [0.4, 0.5) is 5.82 Å². The summed E-state index contributed by atoms with van der Waals surface area (Å²) in [5.74, 6) is 0.958. The van der Waals surface area contributed by atoms with Crippen molar-refractivity contribution >= 4 is 5.82 Å². The molecule has 0 spiro atoms. The van der Waals surface area contributed by atoms with Gasteiger partial charge in [-0.3, -0.25) is 0 Å². The van der Waals surface area contributed by atoms with E-state index in [0.717, 1.165) is 31.9 Å². The lowest BCUT2D eigenvalue weighted by Crippen LogP contribution is -2.23. The number of nitrogens with zero attached hydrogens (tertiary/aromatic N) is 1. The van der Waals surface area contributed by atoms with E-state index in [2.05, 4.69) is 27.8 Å². The zero-order valence-electron chi connectivity index (χ0n) is 9.09. The molecule has 1 aliphatic heterocycles. The van der Waals surface area contributed by atoms with Crippen molar-refractivity contribution in [1.29, 1.82) is 0 Å². The van der Waals surface area contributed by atoms with Crippen LogP contribution in [0.25, 0.3) is 0 Å². The average molecular weight is 203 g/mol. The highest BCUT2D eigenvalue weighted by Crippen LogP contribution is 2.08. The fourth-order valence-corrected chi connectivity index (χ4v) is 1.61. The molecule has 0 unspecified atom stereocenters. The zero-order chi connectivity index (χ0) is 10.5. The Kier molecular flexibility index (Phi) is 3.35. The van der Waals surface area contributed by atoms with Gasteiger partial charge in [0.1, 0.15) is 5.82 Å². The van der Waals surface area contributed by atoms with Crippen LogP contribution in [0.3, 0.4) is 0 Å². The minimum atomic E-state index is 0.914. The predicted molar refractivity (Wildman–Crippen MR) is 63.0 cm³/mol. The molecule has 1 aromatic heterocycles. The molecule has 80 valence electrons. The van der Waals surface area contributed by atoms with E-state index in [1.807, 2.05) is 19.2 Å². The summed E-state index contributed by atoms with van der Waals surface area (Å²) in [7, 11) is 0. The van der Waals surface area contributed by atoms with E-state index in [0.29, 0.717) is 0 Å². The van der Waals surface area contributed by atoms with Crippen LogP contribution in [0.2, 0.25) is 0 Å². The first-order valence-corrected chi connectivity index (χ1v) is 5.40. The van der Waals surface area contributed by atoms with Crippen molar-refractivity contribution < 1.29 is 0 Å². The van der Waals surface area contributed by atoms with Crippen molar-refractivity contribution in [2.75, 3.05) is 25.0 Å². The Hall–Kier alpha value is -1.35. The first-order chi connectivity index (χ1) is 7.34. The number of rotatable bonds is 3. The van der Waals surface area contributed by atoms with Gasteiger partial charge in [0.2, 0.25) is 0 Å². The smallest absolute Gasteiger partial charge is 0.126 e. The maximum Gasteiger partial charge on any atom is 0.126 e. The van der Waals surface area contributed by atoms with Crippen molar-refractivity contribution in [2.24, 2.45) is 0 Å². The van der Waals surface area contributed by atoms with E-state index in [1.165, 1.54) is 11.1 Å². The van der Waals surface area contributed by atoms with Crippen LogP contribution in [0, 0.1) is 6.92 Å². The van der Waals surface area contributed by atoms with E-state index >= 15 is 0 Å². The zero-order valence-corrected chi connectivity index (χ0v) is 9.09. The Balaban J connectivity index is 1.87. The van der Waals surface area contributed by atoms with E-state index in [1.54, 1.807) is 0 Å². The van der Waals surface area contributed by atoms with E-state index in [-0.39, 0.29) is 0 Å². The lowest BCUT2D eigenvalue weighted by Gasteiger charge is -2.14. The van der Waals surface area contributed by atoms with Crippen LogP contribution in [0.5, 0.6) is 0 Å². The van der Waals surface area contributed by atoms with Crippen molar-refractivity contribution in [3.8, 4) is 0 Å². The summed E-state index contributed by atoms with van der Waals surface area (Å²) in [5, 5.41) is 6.63. The highest BCUT2D eigenvalue weighted by molar-refractivity contribution is 5.37. The van der Waals surface area contributed by atoms with Gasteiger partial charge < -0.3 is 10.6 Å². The third-order valence-electron chi connectivity index (χ3n) is 2.57. The third-order valence-corrected chi connectivity index (χ3v) is 2.57. The molecule has 0 fully saturated rings. The Labute approximate surface area is 90.6 Å². The molecule has 0 bridgehead atoms. The molecule has 1 aromatic rings. The van der Waals surface area contributed by atoms with Gasteiger partial charge in [0.25, 0.3) is 0 Å². The van der Waals surface area contributed by atoms with Gasteiger partial charge in [0.05, 0.1) is 0 Å². The molecule has 0 saturated heterocycles. The van der Waals surface area contributed by atoms with Crippen LogP contribution >= 0.6 is 0 Å². The van der Waals surface area contributed by atoms with Gasteiger partial charge in [-0.1, -0.05) is 17.7 Å². The SMILES string of the molecule is Cc1ccc(NCC2=CCNCC2)nc1. The molecule has 0 saturated carbocycles. The van der Waals surface area contributed by atoms with Crippen LogP contribution in [0.15, 0.2) is 30.0 Å². The summed E-state index contributed by atoms with van der Waals surface area (Å²) in [4.78, 5) is 4.31. The monoisotopic (exact) mass is 203 g/mol. The largest absolute Gasteiger partial charge is 0.366 e. The van der Waals surface area contributed by atoms with Crippen molar-refractivity contribution in [2.45, 2.75) is 13.3 Å². The van der Waals surface area contributed by atoms with Gasteiger partial charge >= 0.3 is 0 Å². The molecule has 0 aromatic carbocycles. The van der Waals surface area contributed by atoms with Crippen LogP contribution in [0.1, 0.15) is 12.0 Å². The number of pyridine rings is 1. The van der Waals surface area contributed by atoms with Gasteiger partial charge in [0.15, 0.2) is 0 Å². The maximum atomic E-state index is 4.31. The van der Waals surface area contributed by atoms with Crippen LogP contribution < -0.4 is 10.6 Å². The Bertz CT molecular complexity index is 340. The lowest BCUT2D eigenvalue weighted by atomic mass is 10.1. The fraction of sp³-hybridized carbons (Fsp3) is 0.417.